The summed E-state index contributed by atoms with van der Waals surface area (Å²) in [5, 5.41) is 9.28. The Bertz CT molecular complexity index is 1560. The van der Waals surface area contributed by atoms with Gasteiger partial charge in [0.2, 0.25) is 0 Å². The summed E-state index contributed by atoms with van der Waals surface area (Å²) in [7, 11) is 3.28. The van der Waals surface area contributed by atoms with Crippen LogP contribution in [0.4, 0.5) is 11.4 Å². The topological polar surface area (TPSA) is 68.8 Å². The number of para-hydroxylation sites is 2. The van der Waals surface area contributed by atoms with E-state index < -0.39 is 5.97 Å². The average Bonchev–Trinajstić information content (AvgIpc) is 3.37. The van der Waals surface area contributed by atoms with Crippen LogP contribution in [0.5, 0.6) is 17.2 Å². The fraction of sp³-hybridized carbons (Fsp3) is 0.194. The third-order valence-corrected chi connectivity index (χ3v) is 7.75. The molecule has 2 heterocycles. The Morgan fingerprint density at radius 1 is 0.974 bits per heavy atom. The Hall–Kier alpha value is -3.94. The maximum Gasteiger partial charge on any atom is 0.355 e. The van der Waals surface area contributed by atoms with Crippen molar-refractivity contribution >= 4 is 45.9 Å². The normalized spacial score (nSPS) is 13.5. The first-order valence-electron chi connectivity index (χ1n) is 12.4. The predicted octanol–water partition coefficient (Wildman–Crippen LogP) is 8.00. The van der Waals surface area contributed by atoms with Gasteiger partial charge in [-0.1, -0.05) is 35.9 Å². The quantitative estimate of drug-likeness (QED) is 0.168. The fourth-order valence-electron chi connectivity index (χ4n) is 4.68. The van der Waals surface area contributed by atoms with E-state index in [0.29, 0.717) is 27.9 Å². The number of rotatable bonds is 8. The van der Waals surface area contributed by atoms with Crippen LogP contribution < -0.4 is 24.8 Å². The lowest BCUT2D eigenvalue weighted by atomic mass is 9.88. The molecule has 0 saturated carbocycles. The van der Waals surface area contributed by atoms with Gasteiger partial charge < -0.3 is 24.8 Å². The Labute approximate surface area is 237 Å². The molecule has 0 bridgehead atoms. The Morgan fingerprint density at radius 3 is 2.51 bits per heavy atom. The molecule has 39 heavy (non-hydrogen) atoms. The van der Waals surface area contributed by atoms with Gasteiger partial charge in [-0.05, 0) is 72.8 Å². The second kappa shape index (κ2) is 11.0. The largest absolute Gasteiger partial charge is 0.496 e. The molecule has 1 aromatic heterocycles. The highest BCUT2D eigenvalue weighted by atomic mass is 35.5. The fourth-order valence-corrected chi connectivity index (χ4v) is 5.68. The molecule has 0 aliphatic carbocycles. The lowest BCUT2D eigenvalue weighted by Gasteiger charge is -2.33. The molecule has 8 heteroatoms. The zero-order valence-corrected chi connectivity index (χ0v) is 23.7. The van der Waals surface area contributed by atoms with Crippen LogP contribution in [0.1, 0.15) is 29.1 Å². The number of esters is 1. The second-order valence-corrected chi connectivity index (χ2v) is 11.0. The van der Waals surface area contributed by atoms with Gasteiger partial charge in [-0.15, -0.1) is 11.3 Å². The molecule has 0 atom stereocenters. The lowest BCUT2D eigenvalue weighted by molar-refractivity contribution is 0.0739. The number of hydrogen-bond acceptors (Lipinski definition) is 7. The van der Waals surface area contributed by atoms with E-state index in [0.717, 1.165) is 33.8 Å². The van der Waals surface area contributed by atoms with E-state index in [1.807, 2.05) is 30.3 Å². The number of methoxy groups -OCH3 is 2. The monoisotopic (exact) mass is 560 g/mol. The van der Waals surface area contributed by atoms with E-state index in [-0.39, 0.29) is 5.54 Å². The summed E-state index contributed by atoms with van der Waals surface area (Å²) in [6, 6.07) is 21.3. The molecule has 0 radical (unpaired) electrons. The van der Waals surface area contributed by atoms with Gasteiger partial charge in [-0.2, -0.15) is 0 Å². The Morgan fingerprint density at radius 2 is 1.77 bits per heavy atom. The number of benzene rings is 3. The molecule has 6 nitrogen and oxygen atoms in total. The molecule has 3 aromatic carbocycles. The first-order chi connectivity index (χ1) is 18.8. The Balaban J connectivity index is 1.44. The van der Waals surface area contributed by atoms with Gasteiger partial charge >= 0.3 is 5.97 Å². The molecule has 1 aliphatic rings. The summed E-state index contributed by atoms with van der Waals surface area (Å²) in [4.78, 5) is 12.9. The minimum Gasteiger partial charge on any atom is -0.496 e. The van der Waals surface area contributed by atoms with Gasteiger partial charge in [-0.25, -0.2) is 4.79 Å². The van der Waals surface area contributed by atoms with Gasteiger partial charge in [0.05, 0.1) is 30.5 Å². The minimum atomic E-state index is -0.496. The van der Waals surface area contributed by atoms with Crippen LogP contribution in [0.3, 0.4) is 0 Å². The van der Waals surface area contributed by atoms with Crippen LogP contribution in [0.25, 0.3) is 16.7 Å². The van der Waals surface area contributed by atoms with Gasteiger partial charge in [0.1, 0.15) is 22.1 Å². The van der Waals surface area contributed by atoms with Gasteiger partial charge in [0, 0.05) is 29.4 Å². The zero-order valence-electron chi connectivity index (χ0n) is 22.1. The van der Waals surface area contributed by atoms with Crippen LogP contribution >= 0.6 is 22.9 Å². The molecule has 4 aromatic rings. The number of fused-ring (bicyclic) bond motifs is 1. The number of hydrogen-bond donors (Lipinski definition) is 2. The summed E-state index contributed by atoms with van der Waals surface area (Å²) in [6.07, 6.45) is 2.25. The van der Waals surface area contributed by atoms with Crippen molar-refractivity contribution in [3.63, 3.8) is 0 Å². The Kier molecular flexibility index (Phi) is 7.55. The third-order valence-electron chi connectivity index (χ3n) is 6.43. The van der Waals surface area contributed by atoms with Gasteiger partial charge in [0.25, 0.3) is 0 Å². The summed E-state index contributed by atoms with van der Waals surface area (Å²) < 4.78 is 16.8. The molecule has 0 fully saturated rings. The average molecular weight is 561 g/mol. The van der Waals surface area contributed by atoms with Crippen LogP contribution in [-0.2, 0) is 0 Å². The van der Waals surface area contributed by atoms with E-state index in [2.05, 4.69) is 48.8 Å². The molecule has 5 rings (SSSR count). The van der Waals surface area contributed by atoms with Gasteiger partial charge in [0.15, 0.2) is 0 Å². The SMILES string of the molecule is COc1ccccc1NCC1=CC(C)(C)Nc2ccc(-c3ccc(OC(=O)c4sccc4Cl)cc3OC)cc21. The van der Waals surface area contributed by atoms with Crippen LogP contribution in [-0.4, -0.2) is 32.3 Å². The van der Waals surface area contributed by atoms with E-state index in [4.69, 9.17) is 25.8 Å². The molecular formula is C31H29ClN2O4S. The standard InChI is InChI=1S/C31H29ClN2O4S/c1-31(2)17-20(18-33-26-7-5-6-8-27(26)36-3)23-15-19(9-12-25(23)34-31)22-11-10-21(16-28(22)37-4)38-30(35)29-24(32)13-14-39-29/h5-17,33-34H,18H2,1-4H3. The third kappa shape index (κ3) is 5.75. The first kappa shape index (κ1) is 26.7. The maximum atomic E-state index is 12.5. The highest BCUT2D eigenvalue weighted by molar-refractivity contribution is 7.12. The van der Waals surface area contributed by atoms with Crippen molar-refractivity contribution in [2.45, 2.75) is 19.4 Å². The minimum absolute atomic E-state index is 0.207. The van der Waals surface area contributed by atoms with Crippen molar-refractivity contribution in [1.82, 2.24) is 0 Å². The molecule has 2 N–H and O–H groups in total. The number of anilines is 2. The van der Waals surface area contributed by atoms with Gasteiger partial charge in [-0.3, -0.25) is 0 Å². The van der Waals surface area contributed by atoms with Crippen LogP contribution in [0.2, 0.25) is 5.02 Å². The van der Waals surface area contributed by atoms with Crippen molar-refractivity contribution in [1.29, 1.82) is 0 Å². The molecule has 200 valence electrons. The van der Waals surface area contributed by atoms with E-state index in [1.54, 1.807) is 37.8 Å². The highest BCUT2D eigenvalue weighted by Crippen LogP contribution is 2.40. The number of ether oxygens (including phenoxy) is 3. The summed E-state index contributed by atoms with van der Waals surface area (Å²) >= 11 is 7.33. The van der Waals surface area contributed by atoms with Crippen molar-refractivity contribution < 1.29 is 19.0 Å². The number of carbonyl (C=O) groups is 1. The first-order valence-corrected chi connectivity index (χ1v) is 13.7. The van der Waals surface area contributed by atoms with Crippen molar-refractivity contribution in [2.75, 3.05) is 31.4 Å². The maximum absolute atomic E-state index is 12.5. The smallest absolute Gasteiger partial charge is 0.355 e. The molecule has 1 aliphatic heterocycles. The zero-order chi connectivity index (χ0) is 27.6. The van der Waals surface area contributed by atoms with Crippen LogP contribution in [0.15, 0.2) is 78.2 Å². The van der Waals surface area contributed by atoms with E-state index in [9.17, 15) is 4.79 Å². The number of halogens is 1. The van der Waals surface area contributed by atoms with Crippen molar-refractivity contribution in [2.24, 2.45) is 0 Å². The summed E-state index contributed by atoms with van der Waals surface area (Å²) in [5.74, 6) is 1.28. The van der Waals surface area contributed by atoms with Crippen molar-refractivity contribution in [3.05, 3.63) is 93.6 Å². The number of carbonyl (C=O) groups excluding carboxylic acids is 1. The summed E-state index contributed by atoms with van der Waals surface area (Å²) in [5.41, 5.74) is 5.91. The molecule has 0 spiro atoms. The molecular weight excluding hydrogens is 532 g/mol. The van der Waals surface area contributed by atoms with E-state index >= 15 is 0 Å². The predicted molar refractivity (Wildman–Crippen MR) is 160 cm³/mol. The van der Waals surface area contributed by atoms with E-state index in [1.165, 1.54) is 16.9 Å². The second-order valence-electron chi connectivity index (χ2n) is 9.68. The van der Waals surface area contributed by atoms with Crippen LogP contribution in [0, 0.1) is 0 Å². The number of nitrogens with one attached hydrogen (secondary N) is 2. The van der Waals surface area contributed by atoms with Crippen molar-refractivity contribution in [3.8, 4) is 28.4 Å². The lowest BCUT2D eigenvalue weighted by Crippen LogP contribution is -2.32. The highest BCUT2D eigenvalue weighted by Gasteiger charge is 2.25. The molecule has 0 unspecified atom stereocenters. The molecule has 0 amide bonds. The summed E-state index contributed by atoms with van der Waals surface area (Å²) in [6.45, 7) is 4.93. The molecule has 0 saturated heterocycles. The number of thiophene rings is 1.